The van der Waals surface area contributed by atoms with Gasteiger partial charge in [-0.3, -0.25) is 4.90 Å². The monoisotopic (exact) mass is 391 g/mol. The van der Waals surface area contributed by atoms with Crippen molar-refractivity contribution in [1.29, 1.82) is 5.26 Å². The fraction of sp³-hybridized carbons (Fsp3) is 0.286. The number of nitrogens with one attached hydrogen (secondary N) is 2. The van der Waals surface area contributed by atoms with Crippen molar-refractivity contribution in [1.82, 2.24) is 15.3 Å². The minimum atomic E-state index is -0.145. The quantitative estimate of drug-likeness (QED) is 0.686. The highest BCUT2D eigenvalue weighted by molar-refractivity contribution is 6.38. The molecule has 0 atom stereocenters. The molecule has 0 radical (unpaired) electrons. The summed E-state index contributed by atoms with van der Waals surface area (Å²) >= 11 is 6.82. The Morgan fingerprint density at radius 1 is 1.29 bits per heavy atom. The normalized spacial score (nSPS) is 16.9. The van der Waals surface area contributed by atoms with Gasteiger partial charge in [0.05, 0.1) is 16.7 Å². The zero-order valence-electron chi connectivity index (χ0n) is 15.1. The fourth-order valence-corrected chi connectivity index (χ4v) is 4.22. The van der Waals surface area contributed by atoms with Crippen molar-refractivity contribution in [2.45, 2.75) is 25.2 Å². The van der Waals surface area contributed by atoms with E-state index in [1.807, 2.05) is 12.3 Å². The van der Waals surface area contributed by atoms with Gasteiger partial charge in [0.2, 0.25) is 0 Å². The zero-order valence-corrected chi connectivity index (χ0v) is 15.9. The Morgan fingerprint density at radius 2 is 2.14 bits per heavy atom. The standard InChI is InChI=1S/C21H18ClN5O/c22-19-17(11-26-20-18(19)16(10-25-20)13-2-3-13)14-6-12(9-23)7-15(8-14)27-5-1-4-24-21(27)28/h6-8,10-11,13H,1-5H2,(H,24,28)(H,25,26). The Labute approximate surface area is 167 Å². The Balaban J connectivity index is 1.65. The number of aromatic nitrogens is 2. The van der Waals surface area contributed by atoms with Crippen molar-refractivity contribution < 1.29 is 4.79 Å². The van der Waals surface area contributed by atoms with E-state index >= 15 is 0 Å². The van der Waals surface area contributed by atoms with Crippen molar-refractivity contribution in [3.63, 3.8) is 0 Å². The van der Waals surface area contributed by atoms with Gasteiger partial charge < -0.3 is 10.3 Å². The van der Waals surface area contributed by atoms with Gasteiger partial charge in [-0.1, -0.05) is 11.6 Å². The molecule has 1 aliphatic heterocycles. The van der Waals surface area contributed by atoms with E-state index in [1.165, 1.54) is 18.4 Å². The summed E-state index contributed by atoms with van der Waals surface area (Å²) in [6, 6.07) is 7.49. The first-order valence-electron chi connectivity index (χ1n) is 9.42. The summed E-state index contributed by atoms with van der Waals surface area (Å²) in [5, 5.41) is 14.0. The van der Waals surface area contributed by atoms with Crippen LogP contribution in [0.1, 0.15) is 36.3 Å². The third-order valence-electron chi connectivity index (χ3n) is 5.44. The predicted molar refractivity (Wildman–Crippen MR) is 109 cm³/mol. The van der Waals surface area contributed by atoms with Gasteiger partial charge in [-0.2, -0.15) is 5.26 Å². The van der Waals surface area contributed by atoms with Gasteiger partial charge in [-0.05, 0) is 54.5 Å². The molecule has 2 N–H and O–H groups in total. The van der Waals surface area contributed by atoms with Crippen molar-refractivity contribution in [2.24, 2.45) is 0 Å². The lowest BCUT2D eigenvalue weighted by Crippen LogP contribution is -2.46. The van der Waals surface area contributed by atoms with Crippen LogP contribution in [0, 0.1) is 11.3 Å². The third kappa shape index (κ3) is 2.79. The second-order valence-electron chi connectivity index (χ2n) is 7.35. The van der Waals surface area contributed by atoms with E-state index in [9.17, 15) is 10.1 Å². The molecule has 28 heavy (non-hydrogen) atoms. The lowest BCUT2D eigenvalue weighted by molar-refractivity contribution is 0.243. The van der Waals surface area contributed by atoms with Gasteiger partial charge in [0.25, 0.3) is 0 Å². The van der Waals surface area contributed by atoms with Gasteiger partial charge in [-0.25, -0.2) is 9.78 Å². The number of nitrogens with zero attached hydrogens (tertiary/aromatic N) is 3. The minimum Gasteiger partial charge on any atom is -0.346 e. The highest BCUT2D eigenvalue weighted by Gasteiger charge is 2.28. The maximum absolute atomic E-state index is 12.3. The van der Waals surface area contributed by atoms with E-state index in [2.05, 4.69) is 21.4 Å². The maximum Gasteiger partial charge on any atom is 0.321 e. The van der Waals surface area contributed by atoms with Crippen LogP contribution in [0.2, 0.25) is 5.02 Å². The molecule has 1 aromatic carbocycles. The number of amides is 2. The Kier molecular flexibility index (Phi) is 3.99. The van der Waals surface area contributed by atoms with Crippen molar-refractivity contribution in [2.75, 3.05) is 18.0 Å². The average Bonchev–Trinajstić information content (AvgIpc) is 3.47. The molecule has 5 rings (SSSR count). The van der Waals surface area contributed by atoms with E-state index in [4.69, 9.17) is 11.6 Å². The summed E-state index contributed by atoms with van der Waals surface area (Å²) < 4.78 is 0. The summed E-state index contributed by atoms with van der Waals surface area (Å²) in [6.45, 7) is 1.29. The van der Waals surface area contributed by atoms with Crippen LogP contribution in [0.25, 0.3) is 22.2 Å². The number of hydrogen-bond donors (Lipinski definition) is 2. The van der Waals surface area contributed by atoms with Gasteiger partial charge in [0, 0.05) is 42.1 Å². The molecule has 1 saturated carbocycles. The number of pyridine rings is 1. The Morgan fingerprint density at radius 3 is 2.89 bits per heavy atom. The Hall–Kier alpha value is -3.04. The SMILES string of the molecule is N#Cc1cc(-c2cnc3[nH]cc(C4CC4)c3c2Cl)cc(N2CCCNC2=O)c1. The number of hydrogen-bond acceptors (Lipinski definition) is 3. The average molecular weight is 392 g/mol. The summed E-state index contributed by atoms with van der Waals surface area (Å²) in [7, 11) is 0. The molecule has 2 aliphatic rings. The summed E-state index contributed by atoms with van der Waals surface area (Å²) in [4.78, 5) is 21.7. The van der Waals surface area contributed by atoms with Crippen LogP contribution in [0.3, 0.4) is 0 Å². The molecular formula is C21H18ClN5O. The predicted octanol–water partition coefficient (Wildman–Crippen LogP) is 4.55. The number of H-pyrrole nitrogens is 1. The molecule has 2 aromatic heterocycles. The van der Waals surface area contributed by atoms with E-state index in [0.717, 1.165) is 28.6 Å². The number of aromatic amines is 1. The molecule has 0 spiro atoms. The number of halogens is 1. The molecule has 1 aliphatic carbocycles. The molecular weight excluding hydrogens is 374 g/mol. The number of rotatable bonds is 3. The van der Waals surface area contributed by atoms with Crippen LogP contribution in [0.5, 0.6) is 0 Å². The summed E-state index contributed by atoms with van der Waals surface area (Å²) in [5.41, 5.74) is 4.72. The van der Waals surface area contributed by atoms with Gasteiger partial charge in [-0.15, -0.1) is 0 Å². The summed E-state index contributed by atoms with van der Waals surface area (Å²) in [6.07, 6.45) is 6.94. The van der Waals surface area contributed by atoms with E-state index in [-0.39, 0.29) is 6.03 Å². The Bertz CT molecular complexity index is 1140. The molecule has 2 amide bonds. The smallest absolute Gasteiger partial charge is 0.321 e. The van der Waals surface area contributed by atoms with Crippen LogP contribution in [-0.4, -0.2) is 29.1 Å². The largest absolute Gasteiger partial charge is 0.346 e. The molecule has 3 aromatic rings. The first kappa shape index (κ1) is 17.1. The van der Waals surface area contributed by atoms with Gasteiger partial charge >= 0.3 is 6.03 Å². The molecule has 6 nitrogen and oxygen atoms in total. The number of nitriles is 1. The lowest BCUT2D eigenvalue weighted by Gasteiger charge is -2.28. The van der Waals surface area contributed by atoms with E-state index < -0.39 is 0 Å². The van der Waals surface area contributed by atoms with Crippen molar-refractivity contribution in [3.8, 4) is 17.2 Å². The number of carbonyl (C=O) groups is 1. The first-order valence-corrected chi connectivity index (χ1v) is 9.80. The highest BCUT2D eigenvalue weighted by atomic mass is 35.5. The van der Waals surface area contributed by atoms with Crippen LogP contribution >= 0.6 is 11.6 Å². The fourth-order valence-electron chi connectivity index (χ4n) is 3.86. The van der Waals surface area contributed by atoms with Crippen LogP contribution in [0.15, 0.2) is 30.6 Å². The zero-order chi connectivity index (χ0) is 19.3. The number of fused-ring (bicyclic) bond motifs is 1. The van der Waals surface area contributed by atoms with Gasteiger partial charge in [0.15, 0.2) is 0 Å². The second kappa shape index (κ2) is 6.54. The molecule has 2 fully saturated rings. The number of anilines is 1. The molecule has 7 heteroatoms. The molecule has 1 saturated heterocycles. The number of urea groups is 1. The second-order valence-corrected chi connectivity index (χ2v) is 7.72. The molecule has 140 valence electrons. The molecule has 0 bridgehead atoms. The first-order chi connectivity index (χ1) is 13.7. The summed E-state index contributed by atoms with van der Waals surface area (Å²) in [5.74, 6) is 0.543. The third-order valence-corrected chi connectivity index (χ3v) is 5.83. The molecule has 0 unspecified atom stereocenters. The van der Waals surface area contributed by atoms with Crippen LogP contribution in [-0.2, 0) is 0 Å². The van der Waals surface area contributed by atoms with E-state index in [0.29, 0.717) is 35.3 Å². The number of benzene rings is 1. The maximum atomic E-state index is 12.3. The van der Waals surface area contributed by atoms with Crippen LogP contribution in [0.4, 0.5) is 10.5 Å². The lowest BCUT2D eigenvalue weighted by atomic mass is 10.0. The van der Waals surface area contributed by atoms with Crippen LogP contribution < -0.4 is 10.2 Å². The van der Waals surface area contributed by atoms with Gasteiger partial charge in [0.1, 0.15) is 5.65 Å². The number of carbonyl (C=O) groups excluding carboxylic acids is 1. The highest BCUT2D eigenvalue weighted by Crippen LogP contribution is 2.46. The van der Waals surface area contributed by atoms with E-state index in [1.54, 1.807) is 23.2 Å². The topological polar surface area (TPSA) is 84.8 Å². The molecule has 3 heterocycles. The minimum absolute atomic E-state index is 0.145. The van der Waals surface area contributed by atoms with Crippen molar-refractivity contribution >= 4 is 34.4 Å². The van der Waals surface area contributed by atoms with Crippen molar-refractivity contribution in [3.05, 3.63) is 46.7 Å².